The van der Waals surface area contributed by atoms with Gasteiger partial charge in [0.2, 0.25) is 0 Å². The zero-order valence-electron chi connectivity index (χ0n) is 14.4. The van der Waals surface area contributed by atoms with Gasteiger partial charge in [0.15, 0.2) is 6.10 Å². The summed E-state index contributed by atoms with van der Waals surface area (Å²) in [5, 5.41) is 2.21. The first-order chi connectivity index (χ1) is 12.3. The number of thioether (sulfide) groups is 1. The number of ether oxygens (including phenoxy) is 1. The highest BCUT2D eigenvalue weighted by Crippen LogP contribution is 2.16. The molecule has 7 heteroatoms. The second kappa shape index (κ2) is 9.33. The normalized spacial score (nSPS) is 11.7. The van der Waals surface area contributed by atoms with E-state index < -0.39 is 29.6 Å². The number of aryl methyl sites for hydroxylation is 1. The van der Waals surface area contributed by atoms with Gasteiger partial charge in [-0.15, -0.1) is 11.8 Å². The summed E-state index contributed by atoms with van der Waals surface area (Å²) in [5.41, 5.74) is 1.94. The number of carbonyl (C=O) groups is 2. The van der Waals surface area contributed by atoms with Gasteiger partial charge in [-0.2, -0.15) is 0 Å². The van der Waals surface area contributed by atoms with E-state index in [4.69, 9.17) is 4.74 Å². The molecule has 0 aliphatic carbocycles. The zero-order chi connectivity index (χ0) is 19.1. The molecule has 1 N–H and O–H groups in total. The van der Waals surface area contributed by atoms with Crippen LogP contribution in [0.25, 0.3) is 0 Å². The molecular weight excluding hydrogens is 360 g/mol. The average Bonchev–Trinajstić information content (AvgIpc) is 2.59. The van der Waals surface area contributed by atoms with Crippen LogP contribution in [0.5, 0.6) is 0 Å². The number of amides is 1. The lowest BCUT2D eigenvalue weighted by atomic mass is 10.2. The molecule has 0 aliphatic heterocycles. The van der Waals surface area contributed by atoms with Crippen molar-refractivity contribution >= 4 is 29.3 Å². The first-order valence-electron chi connectivity index (χ1n) is 7.94. The Morgan fingerprint density at radius 1 is 1.15 bits per heavy atom. The van der Waals surface area contributed by atoms with Crippen molar-refractivity contribution in [2.45, 2.75) is 25.7 Å². The molecule has 4 nitrogen and oxygen atoms in total. The van der Waals surface area contributed by atoms with E-state index in [9.17, 15) is 18.4 Å². The van der Waals surface area contributed by atoms with Crippen LogP contribution in [-0.2, 0) is 20.1 Å². The average molecular weight is 379 g/mol. The van der Waals surface area contributed by atoms with Gasteiger partial charge in [-0.1, -0.05) is 29.8 Å². The third-order valence-electron chi connectivity index (χ3n) is 3.47. The first kappa shape index (κ1) is 19.9. The first-order valence-corrected chi connectivity index (χ1v) is 9.09. The molecular formula is C19H19F2NO3S. The summed E-state index contributed by atoms with van der Waals surface area (Å²) in [6, 6.07) is 10.7. The van der Waals surface area contributed by atoms with Crippen molar-refractivity contribution in [2.75, 3.05) is 11.1 Å². The molecule has 0 aromatic heterocycles. The van der Waals surface area contributed by atoms with Gasteiger partial charge < -0.3 is 10.1 Å². The van der Waals surface area contributed by atoms with Crippen molar-refractivity contribution in [3.05, 3.63) is 65.2 Å². The number of nitrogens with one attached hydrogen (secondary N) is 1. The zero-order valence-corrected chi connectivity index (χ0v) is 15.2. The van der Waals surface area contributed by atoms with E-state index in [0.717, 1.165) is 29.3 Å². The van der Waals surface area contributed by atoms with E-state index >= 15 is 0 Å². The molecule has 138 valence electrons. The third-order valence-corrected chi connectivity index (χ3v) is 4.45. The van der Waals surface area contributed by atoms with Gasteiger partial charge in [0.25, 0.3) is 5.91 Å². The molecule has 1 amide bonds. The molecule has 2 aromatic rings. The summed E-state index contributed by atoms with van der Waals surface area (Å²) in [4.78, 5) is 23.8. The molecule has 1 atom stereocenters. The number of rotatable bonds is 7. The number of carbonyl (C=O) groups excluding carboxylic acids is 2. The van der Waals surface area contributed by atoms with Gasteiger partial charge in [-0.3, -0.25) is 9.59 Å². The quantitative estimate of drug-likeness (QED) is 0.737. The Labute approximate surface area is 154 Å². The topological polar surface area (TPSA) is 55.4 Å². The summed E-state index contributed by atoms with van der Waals surface area (Å²) < 4.78 is 31.6. The number of hydrogen-bond acceptors (Lipinski definition) is 4. The van der Waals surface area contributed by atoms with Crippen molar-refractivity contribution in [3.63, 3.8) is 0 Å². The molecule has 0 fully saturated rings. The van der Waals surface area contributed by atoms with E-state index in [1.807, 2.05) is 31.2 Å². The summed E-state index contributed by atoms with van der Waals surface area (Å²) in [5.74, 6) is -2.01. The second-order valence-corrected chi connectivity index (χ2v) is 6.71. The van der Waals surface area contributed by atoms with Gasteiger partial charge in [0.05, 0.1) is 11.4 Å². The van der Waals surface area contributed by atoms with E-state index in [1.165, 1.54) is 18.7 Å². The minimum Gasteiger partial charge on any atom is -0.452 e. The molecule has 2 aromatic carbocycles. The van der Waals surface area contributed by atoms with E-state index in [0.29, 0.717) is 5.75 Å². The van der Waals surface area contributed by atoms with E-state index in [2.05, 4.69) is 5.32 Å². The molecule has 26 heavy (non-hydrogen) atoms. The summed E-state index contributed by atoms with van der Waals surface area (Å²) >= 11 is 1.37. The van der Waals surface area contributed by atoms with Crippen LogP contribution in [0, 0.1) is 18.6 Å². The molecule has 0 unspecified atom stereocenters. The van der Waals surface area contributed by atoms with Crippen LogP contribution < -0.4 is 5.32 Å². The van der Waals surface area contributed by atoms with Crippen LogP contribution in [0.3, 0.4) is 0 Å². The predicted molar refractivity (Wildman–Crippen MR) is 97.9 cm³/mol. The summed E-state index contributed by atoms with van der Waals surface area (Å²) in [6.45, 7) is 3.37. The molecule has 0 saturated carbocycles. The van der Waals surface area contributed by atoms with E-state index in [1.54, 1.807) is 0 Å². The highest BCUT2D eigenvalue weighted by molar-refractivity contribution is 7.99. The Morgan fingerprint density at radius 3 is 2.54 bits per heavy atom. The molecule has 0 spiro atoms. The number of anilines is 1. The smallest absolute Gasteiger partial charge is 0.316 e. The Morgan fingerprint density at radius 2 is 1.85 bits per heavy atom. The number of esters is 1. The van der Waals surface area contributed by atoms with Crippen molar-refractivity contribution < 1.29 is 23.1 Å². The minimum atomic E-state index is -1.12. The Balaban J connectivity index is 1.77. The van der Waals surface area contributed by atoms with Gasteiger partial charge in [-0.05, 0) is 31.5 Å². The highest BCUT2D eigenvalue weighted by atomic mass is 32.2. The minimum absolute atomic E-state index is 0.0832. The lowest BCUT2D eigenvalue weighted by Gasteiger charge is -2.14. The SMILES string of the molecule is Cc1ccc(CSCC(=O)O[C@@H](C)C(=O)Nc2cc(F)ccc2F)cc1. The number of benzene rings is 2. The molecule has 0 bridgehead atoms. The highest BCUT2D eigenvalue weighted by Gasteiger charge is 2.19. The third kappa shape index (κ3) is 6.15. The molecule has 2 rings (SSSR count). The van der Waals surface area contributed by atoms with Crippen LogP contribution in [0.1, 0.15) is 18.1 Å². The van der Waals surface area contributed by atoms with Gasteiger partial charge in [0, 0.05) is 11.8 Å². The van der Waals surface area contributed by atoms with Crippen LogP contribution in [0.4, 0.5) is 14.5 Å². The standard InChI is InChI=1S/C19H19F2NO3S/c1-12-3-5-14(6-4-12)10-26-11-18(23)25-13(2)19(24)22-17-9-15(20)7-8-16(17)21/h3-9,13H,10-11H2,1-2H3,(H,22,24)/t13-/m0/s1. The molecule has 0 radical (unpaired) electrons. The van der Waals surface area contributed by atoms with Gasteiger partial charge in [0.1, 0.15) is 11.6 Å². The largest absolute Gasteiger partial charge is 0.452 e. The summed E-state index contributed by atoms with van der Waals surface area (Å²) in [6.07, 6.45) is -1.12. The maximum atomic E-state index is 13.5. The Hall–Kier alpha value is -2.41. The molecule has 0 aliphatic rings. The van der Waals surface area contributed by atoms with Crippen molar-refractivity contribution in [1.29, 1.82) is 0 Å². The van der Waals surface area contributed by atoms with Crippen molar-refractivity contribution in [2.24, 2.45) is 0 Å². The molecule has 0 saturated heterocycles. The second-order valence-electron chi connectivity index (χ2n) is 5.72. The van der Waals surface area contributed by atoms with Crippen LogP contribution in [0.2, 0.25) is 0 Å². The van der Waals surface area contributed by atoms with Crippen LogP contribution >= 0.6 is 11.8 Å². The number of hydrogen-bond donors (Lipinski definition) is 1. The fraction of sp³-hybridized carbons (Fsp3) is 0.263. The van der Waals surface area contributed by atoms with Crippen LogP contribution in [-0.4, -0.2) is 23.7 Å². The van der Waals surface area contributed by atoms with Gasteiger partial charge in [-0.25, -0.2) is 8.78 Å². The Bertz CT molecular complexity index is 781. The maximum absolute atomic E-state index is 13.5. The predicted octanol–water partition coefficient (Wildman–Crippen LogP) is 4.08. The lowest BCUT2D eigenvalue weighted by molar-refractivity contribution is -0.150. The van der Waals surface area contributed by atoms with Crippen molar-refractivity contribution in [1.82, 2.24) is 0 Å². The van der Waals surface area contributed by atoms with Gasteiger partial charge >= 0.3 is 5.97 Å². The van der Waals surface area contributed by atoms with E-state index in [-0.39, 0.29) is 11.4 Å². The fourth-order valence-corrected chi connectivity index (χ4v) is 2.81. The molecule has 0 heterocycles. The van der Waals surface area contributed by atoms with Crippen LogP contribution in [0.15, 0.2) is 42.5 Å². The number of halogens is 2. The summed E-state index contributed by atoms with van der Waals surface area (Å²) in [7, 11) is 0. The maximum Gasteiger partial charge on any atom is 0.316 e. The van der Waals surface area contributed by atoms with Crippen molar-refractivity contribution in [3.8, 4) is 0 Å². The lowest BCUT2D eigenvalue weighted by Crippen LogP contribution is -2.30. The monoisotopic (exact) mass is 379 g/mol. The Kier molecular flexibility index (Phi) is 7.15. The fourth-order valence-electron chi connectivity index (χ4n) is 2.05.